The van der Waals surface area contributed by atoms with E-state index >= 15 is 0 Å². The molecule has 1 spiro atoms. The minimum atomic E-state index is -0.467. The molecule has 5 aliphatic rings. The van der Waals surface area contributed by atoms with Gasteiger partial charge in [-0.05, 0) is 84.3 Å². The van der Waals surface area contributed by atoms with E-state index in [1.54, 1.807) is 7.11 Å². The molecule has 1 N–H and O–H groups in total. The molecule has 1 saturated heterocycles. The Morgan fingerprint density at radius 3 is 2.57 bits per heavy atom. The van der Waals surface area contributed by atoms with Crippen LogP contribution in [0.5, 0.6) is 5.75 Å². The number of hydrogen-bond donors (Lipinski definition) is 1. The van der Waals surface area contributed by atoms with E-state index in [0.717, 1.165) is 55.4 Å². The molecule has 0 amide bonds. The predicted molar refractivity (Wildman–Crippen MR) is 139 cm³/mol. The van der Waals surface area contributed by atoms with E-state index < -0.39 is 11.9 Å². The van der Waals surface area contributed by atoms with Crippen molar-refractivity contribution in [2.24, 2.45) is 34.5 Å². The largest absolute Gasteiger partial charge is 0.497 e. The zero-order chi connectivity index (χ0) is 26.0. The van der Waals surface area contributed by atoms with E-state index in [-0.39, 0.29) is 27.6 Å². The minimum Gasteiger partial charge on any atom is -0.497 e. The molecular weight excluding hydrogens is 470 g/mol. The van der Waals surface area contributed by atoms with Gasteiger partial charge < -0.3 is 19.3 Å². The van der Waals surface area contributed by atoms with Crippen molar-refractivity contribution in [3.63, 3.8) is 0 Å². The maximum atomic E-state index is 11.8. The normalized spacial score (nSPS) is 40.5. The second-order valence-corrected chi connectivity index (χ2v) is 12.5. The van der Waals surface area contributed by atoms with Gasteiger partial charge in [0, 0.05) is 18.4 Å². The Bertz CT molecular complexity index is 1120. The number of nitro groups is 1. The van der Waals surface area contributed by atoms with E-state index in [2.05, 4.69) is 19.9 Å². The Morgan fingerprint density at radius 2 is 1.89 bits per heavy atom. The molecule has 0 unspecified atom stereocenters. The first kappa shape index (κ1) is 25.1. The average Bonchev–Trinajstić information content (AvgIpc) is 3.47. The summed E-state index contributed by atoms with van der Waals surface area (Å²) in [7, 11) is 1.62. The molecule has 37 heavy (non-hydrogen) atoms. The van der Waals surface area contributed by atoms with E-state index in [9.17, 15) is 15.2 Å². The van der Waals surface area contributed by atoms with Crippen LogP contribution < -0.4 is 4.74 Å². The van der Waals surface area contributed by atoms with Crippen LogP contribution in [0.15, 0.2) is 42.1 Å². The lowest BCUT2D eigenvalue weighted by Gasteiger charge is -2.60. The van der Waals surface area contributed by atoms with Gasteiger partial charge in [-0.2, -0.15) is 0 Å². The van der Waals surface area contributed by atoms with Crippen molar-refractivity contribution in [1.29, 1.82) is 0 Å². The van der Waals surface area contributed by atoms with Crippen molar-refractivity contribution in [1.82, 2.24) is 0 Å². The van der Waals surface area contributed by atoms with E-state index in [4.69, 9.17) is 14.2 Å². The number of rotatable bonds is 4. The molecule has 7 heteroatoms. The highest BCUT2D eigenvalue weighted by atomic mass is 16.7. The van der Waals surface area contributed by atoms with Crippen LogP contribution >= 0.6 is 0 Å². The van der Waals surface area contributed by atoms with Gasteiger partial charge in [-0.25, -0.2) is 0 Å². The number of nitrogens with zero attached hydrogens (tertiary/aromatic N) is 1. The number of methoxy groups -OCH3 is 1. The van der Waals surface area contributed by atoms with Gasteiger partial charge in [0.05, 0.1) is 31.4 Å². The van der Waals surface area contributed by atoms with Crippen molar-refractivity contribution in [2.75, 3.05) is 20.3 Å². The second-order valence-electron chi connectivity index (χ2n) is 12.5. The molecule has 1 aromatic carbocycles. The second kappa shape index (κ2) is 8.92. The lowest BCUT2D eigenvalue weighted by molar-refractivity contribution is -0.401. The molecule has 0 radical (unpaired) electrons. The van der Waals surface area contributed by atoms with Crippen LogP contribution in [0.25, 0.3) is 5.57 Å². The molecule has 7 atom stereocenters. The third-order valence-electron chi connectivity index (χ3n) is 10.9. The Kier molecular flexibility index (Phi) is 6.05. The lowest BCUT2D eigenvalue weighted by Crippen LogP contribution is -2.57. The topological polar surface area (TPSA) is 91.1 Å². The quantitative estimate of drug-likeness (QED) is 0.323. The van der Waals surface area contributed by atoms with Crippen LogP contribution in [0.2, 0.25) is 0 Å². The SMILES string of the molecule is COc1ccc(/C(=C\[N+](=O)[O-])[C@H]2CC[C@H]3[C@@H]4CC=C5CC6(CC[C@]5(C)[C@H]4[C@@H](O)C[C@]23C)OCCO6)cc1. The predicted octanol–water partition coefficient (Wildman–Crippen LogP) is 5.61. The number of aliphatic hydroxyl groups excluding tert-OH is 1. The first-order valence-electron chi connectivity index (χ1n) is 13.8. The summed E-state index contributed by atoms with van der Waals surface area (Å²) in [4.78, 5) is 11.4. The number of hydrogen-bond acceptors (Lipinski definition) is 6. The summed E-state index contributed by atoms with van der Waals surface area (Å²) in [6, 6.07) is 7.58. The third-order valence-corrected chi connectivity index (χ3v) is 10.9. The molecule has 1 heterocycles. The molecule has 4 fully saturated rings. The number of fused-ring (bicyclic) bond motifs is 5. The summed E-state index contributed by atoms with van der Waals surface area (Å²) in [5.74, 6) is 1.29. The number of ether oxygens (including phenoxy) is 3. The van der Waals surface area contributed by atoms with Crippen LogP contribution in [0, 0.1) is 44.6 Å². The highest BCUT2D eigenvalue weighted by Gasteiger charge is 2.63. The van der Waals surface area contributed by atoms with Crippen molar-refractivity contribution < 1.29 is 24.2 Å². The van der Waals surface area contributed by atoms with Gasteiger partial charge >= 0.3 is 0 Å². The molecule has 7 nitrogen and oxygen atoms in total. The summed E-state index contributed by atoms with van der Waals surface area (Å²) >= 11 is 0. The first-order chi connectivity index (χ1) is 17.7. The Balaban J connectivity index is 1.33. The molecule has 200 valence electrons. The maximum Gasteiger partial charge on any atom is 0.238 e. The van der Waals surface area contributed by atoms with Gasteiger partial charge in [-0.1, -0.05) is 37.6 Å². The monoisotopic (exact) mass is 509 g/mol. The van der Waals surface area contributed by atoms with Crippen LogP contribution in [0.4, 0.5) is 0 Å². The molecule has 1 aliphatic heterocycles. The summed E-state index contributed by atoms with van der Waals surface area (Å²) in [6.07, 6.45) is 9.40. The molecule has 0 aromatic heterocycles. The summed E-state index contributed by atoms with van der Waals surface area (Å²) in [5, 5.41) is 23.6. The molecule has 3 saturated carbocycles. The summed E-state index contributed by atoms with van der Waals surface area (Å²) in [5.41, 5.74) is 2.78. The van der Waals surface area contributed by atoms with E-state index in [0.29, 0.717) is 31.5 Å². The Morgan fingerprint density at radius 1 is 1.16 bits per heavy atom. The van der Waals surface area contributed by atoms with Gasteiger partial charge in [-0.15, -0.1) is 0 Å². The zero-order valence-corrected chi connectivity index (χ0v) is 22.2. The highest BCUT2D eigenvalue weighted by molar-refractivity contribution is 5.68. The number of allylic oxidation sites excluding steroid dienone is 2. The maximum absolute atomic E-state index is 11.8. The van der Waals surface area contributed by atoms with Gasteiger partial charge in [0.1, 0.15) is 5.75 Å². The van der Waals surface area contributed by atoms with Gasteiger partial charge in [-0.3, -0.25) is 10.1 Å². The minimum absolute atomic E-state index is 0.0278. The van der Waals surface area contributed by atoms with Crippen molar-refractivity contribution >= 4 is 5.57 Å². The molecular formula is C30H39NO6. The fraction of sp³-hybridized carbons (Fsp3) is 0.667. The van der Waals surface area contributed by atoms with Crippen LogP contribution in [0.3, 0.4) is 0 Å². The first-order valence-corrected chi connectivity index (χ1v) is 13.8. The van der Waals surface area contributed by atoms with Crippen LogP contribution in [-0.4, -0.2) is 42.2 Å². The summed E-state index contributed by atoms with van der Waals surface area (Å²) < 4.78 is 17.4. The lowest BCUT2D eigenvalue weighted by atomic mass is 9.46. The number of aliphatic hydroxyl groups is 1. The molecule has 4 aliphatic carbocycles. The number of benzene rings is 1. The van der Waals surface area contributed by atoms with E-state index in [1.165, 1.54) is 11.8 Å². The van der Waals surface area contributed by atoms with Crippen molar-refractivity contribution in [3.05, 3.63) is 57.8 Å². The Hall–Kier alpha value is -2.22. The van der Waals surface area contributed by atoms with Crippen LogP contribution in [0.1, 0.15) is 64.4 Å². The van der Waals surface area contributed by atoms with Gasteiger partial charge in [0.2, 0.25) is 6.20 Å². The fourth-order valence-corrected chi connectivity index (χ4v) is 9.25. The van der Waals surface area contributed by atoms with E-state index in [1.807, 2.05) is 24.3 Å². The fourth-order valence-electron chi connectivity index (χ4n) is 9.25. The Labute approximate surface area is 219 Å². The summed E-state index contributed by atoms with van der Waals surface area (Å²) in [6.45, 7) is 5.96. The van der Waals surface area contributed by atoms with Gasteiger partial charge in [0.15, 0.2) is 5.79 Å². The molecule has 1 aromatic rings. The smallest absolute Gasteiger partial charge is 0.238 e. The van der Waals surface area contributed by atoms with Gasteiger partial charge in [0.25, 0.3) is 0 Å². The third kappa shape index (κ3) is 3.88. The molecule has 0 bridgehead atoms. The average molecular weight is 510 g/mol. The van der Waals surface area contributed by atoms with Crippen molar-refractivity contribution in [3.8, 4) is 5.75 Å². The molecule has 6 rings (SSSR count). The highest BCUT2D eigenvalue weighted by Crippen LogP contribution is 2.68. The zero-order valence-electron chi connectivity index (χ0n) is 22.2. The van der Waals surface area contributed by atoms with Crippen LogP contribution in [-0.2, 0) is 9.47 Å². The standard InChI is InChI=1S/C30H39NO6/c1-28-12-13-30(36-14-15-37-30)16-20(28)6-9-22-24-10-11-25(29(24,2)17-26(32)27(22)28)23(18-31(33)34)19-4-7-21(35-3)8-5-19/h4-8,18,22,24-27,32H,9-17H2,1-3H3/b23-18+/t22-,24-,25+,26-,27+,28-,29-/m0/s1. The van der Waals surface area contributed by atoms with Crippen molar-refractivity contribution in [2.45, 2.75) is 70.7 Å².